The molecular weight excluding hydrogens is 332 g/mol. The largest absolute Gasteiger partial charge is 0.398 e. The number of carbonyl (C=O) groups excluding carboxylic acids is 1. The molecule has 1 fully saturated rings. The van der Waals surface area contributed by atoms with Gasteiger partial charge in [-0.15, -0.1) is 0 Å². The van der Waals surface area contributed by atoms with Gasteiger partial charge in [0.2, 0.25) is 0 Å². The molecule has 21 heavy (non-hydrogen) atoms. The van der Waals surface area contributed by atoms with Gasteiger partial charge >= 0.3 is 0 Å². The first-order valence-corrected chi connectivity index (χ1v) is 8.10. The molecule has 0 bridgehead atoms. The third-order valence-electron chi connectivity index (χ3n) is 4.24. The lowest BCUT2D eigenvalue weighted by Crippen LogP contribution is -2.42. The average Bonchev–Trinajstić information content (AvgIpc) is 3.27. The summed E-state index contributed by atoms with van der Waals surface area (Å²) in [6.45, 7) is 5.18. The number of rotatable bonds is 6. The van der Waals surface area contributed by atoms with Crippen LogP contribution in [0.3, 0.4) is 0 Å². The summed E-state index contributed by atoms with van der Waals surface area (Å²) in [6.07, 6.45) is 2.41. The molecule has 1 aromatic carbocycles. The summed E-state index contributed by atoms with van der Waals surface area (Å²) in [7, 11) is 1.66. The number of benzene rings is 1. The van der Waals surface area contributed by atoms with Crippen molar-refractivity contribution >= 4 is 27.5 Å². The van der Waals surface area contributed by atoms with Crippen molar-refractivity contribution in [2.75, 3.05) is 26.0 Å². The minimum absolute atomic E-state index is 0.0388. The van der Waals surface area contributed by atoms with Gasteiger partial charge in [0.05, 0.1) is 6.61 Å². The minimum Gasteiger partial charge on any atom is -0.398 e. The molecule has 0 aromatic heterocycles. The van der Waals surface area contributed by atoms with E-state index in [1.165, 1.54) is 12.8 Å². The van der Waals surface area contributed by atoms with Gasteiger partial charge in [0.1, 0.15) is 0 Å². The van der Waals surface area contributed by atoms with E-state index in [0.717, 1.165) is 10.0 Å². The van der Waals surface area contributed by atoms with Crippen LogP contribution >= 0.6 is 15.9 Å². The minimum atomic E-state index is 0.0388. The maximum absolute atomic E-state index is 12.9. The monoisotopic (exact) mass is 354 g/mol. The number of nitrogen functional groups attached to an aromatic ring is 1. The van der Waals surface area contributed by atoms with E-state index < -0.39 is 0 Å². The maximum atomic E-state index is 12.9. The van der Waals surface area contributed by atoms with Gasteiger partial charge in [0.15, 0.2) is 0 Å². The standard InChI is InChI=1S/C16H23BrN2O2/c1-10-14(8-13(17)9-15(10)18)16(20)19(6-7-21-3)11(2)12-4-5-12/h8-9,11-12H,4-7,18H2,1-3H3. The first-order valence-electron chi connectivity index (χ1n) is 7.31. The summed E-state index contributed by atoms with van der Waals surface area (Å²) in [4.78, 5) is 14.9. The van der Waals surface area contributed by atoms with Crippen molar-refractivity contribution in [1.82, 2.24) is 4.90 Å². The second-order valence-corrected chi connectivity index (χ2v) is 6.65. The zero-order valence-corrected chi connectivity index (χ0v) is 14.4. The Morgan fingerprint density at radius 2 is 2.19 bits per heavy atom. The Labute approximate surface area is 134 Å². The fraction of sp³-hybridized carbons (Fsp3) is 0.562. The van der Waals surface area contributed by atoms with Crippen molar-refractivity contribution in [2.24, 2.45) is 5.92 Å². The predicted molar refractivity (Wildman–Crippen MR) is 88.4 cm³/mol. The SMILES string of the molecule is COCCN(C(=O)c1cc(Br)cc(N)c1C)C(C)C1CC1. The molecule has 5 heteroatoms. The number of halogens is 1. The van der Waals surface area contributed by atoms with Crippen LogP contribution in [0.1, 0.15) is 35.7 Å². The van der Waals surface area contributed by atoms with Gasteiger partial charge in [-0.05, 0) is 50.3 Å². The molecule has 2 N–H and O–H groups in total. The number of carbonyl (C=O) groups is 1. The van der Waals surface area contributed by atoms with Gasteiger partial charge in [-0.25, -0.2) is 0 Å². The van der Waals surface area contributed by atoms with Gasteiger partial charge in [-0.3, -0.25) is 4.79 Å². The van der Waals surface area contributed by atoms with Crippen LogP contribution in [0, 0.1) is 12.8 Å². The quantitative estimate of drug-likeness (QED) is 0.797. The third-order valence-corrected chi connectivity index (χ3v) is 4.69. The van der Waals surface area contributed by atoms with Crippen LogP contribution in [0.25, 0.3) is 0 Å². The zero-order chi connectivity index (χ0) is 15.6. The number of nitrogens with two attached hydrogens (primary N) is 1. The lowest BCUT2D eigenvalue weighted by molar-refractivity contribution is 0.0594. The van der Waals surface area contributed by atoms with E-state index in [2.05, 4.69) is 22.9 Å². The average molecular weight is 355 g/mol. The van der Waals surface area contributed by atoms with Crippen LogP contribution in [0.15, 0.2) is 16.6 Å². The summed E-state index contributed by atoms with van der Waals surface area (Å²) in [5.74, 6) is 0.660. The highest BCUT2D eigenvalue weighted by Crippen LogP contribution is 2.36. The van der Waals surface area contributed by atoms with Gasteiger partial charge in [0.25, 0.3) is 5.91 Å². The van der Waals surface area contributed by atoms with Crippen LogP contribution in [-0.2, 0) is 4.74 Å². The smallest absolute Gasteiger partial charge is 0.254 e. The normalized spacial score (nSPS) is 15.8. The van der Waals surface area contributed by atoms with E-state index in [9.17, 15) is 4.79 Å². The van der Waals surface area contributed by atoms with Crippen molar-refractivity contribution in [1.29, 1.82) is 0 Å². The van der Waals surface area contributed by atoms with E-state index in [4.69, 9.17) is 10.5 Å². The molecule has 4 nitrogen and oxygen atoms in total. The van der Waals surface area contributed by atoms with Gasteiger partial charge in [0, 0.05) is 35.4 Å². The van der Waals surface area contributed by atoms with Crippen molar-refractivity contribution < 1.29 is 9.53 Å². The van der Waals surface area contributed by atoms with Crippen molar-refractivity contribution in [3.05, 3.63) is 27.7 Å². The molecule has 0 spiro atoms. The first kappa shape index (κ1) is 16.3. The molecule has 0 saturated heterocycles. The summed E-state index contributed by atoms with van der Waals surface area (Å²) in [6, 6.07) is 3.93. The fourth-order valence-electron chi connectivity index (χ4n) is 2.59. The number of hydrogen-bond acceptors (Lipinski definition) is 3. The highest BCUT2D eigenvalue weighted by Gasteiger charge is 2.34. The Bertz CT molecular complexity index is 529. The lowest BCUT2D eigenvalue weighted by atomic mass is 10.0. The molecule has 0 radical (unpaired) electrons. The Morgan fingerprint density at radius 3 is 2.76 bits per heavy atom. The Morgan fingerprint density at radius 1 is 1.52 bits per heavy atom. The maximum Gasteiger partial charge on any atom is 0.254 e. The van der Waals surface area contributed by atoms with Crippen LogP contribution in [0.2, 0.25) is 0 Å². The van der Waals surface area contributed by atoms with E-state index >= 15 is 0 Å². The first-order chi connectivity index (χ1) is 9.95. The van der Waals surface area contributed by atoms with E-state index in [1.807, 2.05) is 24.0 Å². The highest BCUT2D eigenvalue weighted by molar-refractivity contribution is 9.10. The number of hydrogen-bond donors (Lipinski definition) is 1. The van der Waals surface area contributed by atoms with Gasteiger partial charge in [-0.1, -0.05) is 15.9 Å². The number of nitrogens with zero attached hydrogens (tertiary/aromatic N) is 1. The molecule has 116 valence electrons. The molecule has 1 aliphatic carbocycles. The fourth-order valence-corrected chi connectivity index (χ4v) is 3.07. The van der Waals surface area contributed by atoms with E-state index in [0.29, 0.717) is 30.3 Å². The Hall–Kier alpha value is -1.07. The molecular formula is C16H23BrN2O2. The van der Waals surface area contributed by atoms with Crippen LogP contribution in [0.5, 0.6) is 0 Å². The number of methoxy groups -OCH3 is 1. The molecule has 2 rings (SSSR count). The number of amides is 1. The van der Waals surface area contributed by atoms with Crippen LogP contribution in [0.4, 0.5) is 5.69 Å². The lowest BCUT2D eigenvalue weighted by Gasteiger charge is -2.30. The van der Waals surface area contributed by atoms with Crippen LogP contribution < -0.4 is 5.73 Å². The number of anilines is 1. The summed E-state index contributed by atoms with van der Waals surface area (Å²) in [5, 5.41) is 0. The van der Waals surface area contributed by atoms with Crippen molar-refractivity contribution in [3.63, 3.8) is 0 Å². The second-order valence-electron chi connectivity index (χ2n) is 5.74. The summed E-state index contributed by atoms with van der Waals surface area (Å²) < 4.78 is 5.99. The molecule has 1 amide bonds. The summed E-state index contributed by atoms with van der Waals surface area (Å²) in [5.41, 5.74) is 8.13. The Kier molecular flexibility index (Phi) is 5.27. The Balaban J connectivity index is 2.28. The molecule has 0 aliphatic heterocycles. The third kappa shape index (κ3) is 3.77. The zero-order valence-electron chi connectivity index (χ0n) is 12.9. The second kappa shape index (κ2) is 6.79. The summed E-state index contributed by atoms with van der Waals surface area (Å²) >= 11 is 3.42. The van der Waals surface area contributed by atoms with Crippen molar-refractivity contribution in [3.8, 4) is 0 Å². The highest BCUT2D eigenvalue weighted by atomic mass is 79.9. The molecule has 1 atom stereocenters. The van der Waals surface area contributed by atoms with Gasteiger partial charge in [-0.2, -0.15) is 0 Å². The van der Waals surface area contributed by atoms with Gasteiger partial charge < -0.3 is 15.4 Å². The topological polar surface area (TPSA) is 55.6 Å². The molecule has 1 aliphatic rings. The molecule has 1 unspecified atom stereocenters. The molecule has 0 heterocycles. The van der Waals surface area contributed by atoms with E-state index in [1.54, 1.807) is 7.11 Å². The van der Waals surface area contributed by atoms with E-state index in [-0.39, 0.29) is 11.9 Å². The van der Waals surface area contributed by atoms with Crippen LogP contribution in [-0.4, -0.2) is 37.1 Å². The molecule has 1 saturated carbocycles. The molecule has 1 aromatic rings. The van der Waals surface area contributed by atoms with Crippen molar-refractivity contribution in [2.45, 2.75) is 32.7 Å². The number of ether oxygens (including phenoxy) is 1. The predicted octanol–water partition coefficient (Wildman–Crippen LogP) is 3.23.